The molecule has 25 heavy (non-hydrogen) atoms. The van der Waals surface area contributed by atoms with Crippen LogP contribution < -0.4 is 4.90 Å². The van der Waals surface area contributed by atoms with Gasteiger partial charge < -0.3 is 4.90 Å². The first kappa shape index (κ1) is 17.9. The van der Waals surface area contributed by atoms with Gasteiger partial charge in [0.1, 0.15) is 5.78 Å². The van der Waals surface area contributed by atoms with E-state index in [1.54, 1.807) is 0 Å². The summed E-state index contributed by atoms with van der Waals surface area (Å²) < 4.78 is 0. The first-order chi connectivity index (χ1) is 12.1. The fourth-order valence-electron chi connectivity index (χ4n) is 3.65. The summed E-state index contributed by atoms with van der Waals surface area (Å²) in [6.45, 7) is 0. The van der Waals surface area contributed by atoms with Gasteiger partial charge >= 0.3 is 0 Å². The van der Waals surface area contributed by atoms with Gasteiger partial charge in [-0.1, -0.05) is 36.8 Å². The van der Waals surface area contributed by atoms with Gasteiger partial charge in [0.05, 0.1) is 9.88 Å². The van der Waals surface area contributed by atoms with Gasteiger partial charge in [0.2, 0.25) is 0 Å². The van der Waals surface area contributed by atoms with Crippen molar-refractivity contribution in [3.8, 4) is 0 Å². The number of nitrogens with zero attached hydrogens (tertiary/aromatic N) is 1. The molecule has 1 aliphatic rings. The van der Waals surface area contributed by atoms with Gasteiger partial charge in [0.15, 0.2) is 5.78 Å². The lowest BCUT2D eigenvalue weighted by molar-refractivity contribution is -0.125. The first-order valence-corrected chi connectivity index (χ1v) is 9.76. The normalized spacial score (nSPS) is 18.8. The fraction of sp³-hybridized carbons (Fsp3) is 0.429. The van der Waals surface area contributed by atoms with Gasteiger partial charge in [0, 0.05) is 38.8 Å². The maximum Gasteiger partial charge on any atom is 0.173 e. The van der Waals surface area contributed by atoms with Crippen LogP contribution in [-0.2, 0) is 4.79 Å². The van der Waals surface area contributed by atoms with Gasteiger partial charge in [-0.2, -0.15) is 0 Å². The Morgan fingerprint density at radius 3 is 2.56 bits per heavy atom. The summed E-state index contributed by atoms with van der Waals surface area (Å²) in [6.07, 6.45) is 4.04. The van der Waals surface area contributed by atoms with E-state index in [0.29, 0.717) is 18.6 Å². The quantitative estimate of drug-likeness (QED) is 0.690. The second kappa shape index (κ2) is 7.96. The van der Waals surface area contributed by atoms with Gasteiger partial charge in [-0.3, -0.25) is 9.59 Å². The molecule has 132 valence electrons. The molecule has 0 amide bonds. The molecule has 1 saturated carbocycles. The maximum atomic E-state index is 12.9. The molecule has 0 bridgehead atoms. The lowest BCUT2D eigenvalue weighted by Crippen LogP contribution is -2.27. The second-order valence-corrected chi connectivity index (χ2v) is 8.06. The minimum atomic E-state index is -0.0200. The number of hydrogen-bond donors (Lipinski definition) is 0. The Morgan fingerprint density at radius 2 is 1.92 bits per heavy atom. The average Bonchev–Trinajstić information content (AvgIpc) is 3.12. The first-order valence-electron chi connectivity index (χ1n) is 8.94. The van der Waals surface area contributed by atoms with Crippen molar-refractivity contribution in [1.29, 1.82) is 0 Å². The number of thiophene rings is 1. The molecule has 0 aliphatic heterocycles. The largest absolute Gasteiger partial charge is 0.370 e. The number of Topliss-reactive ketones (excluding diaryl/α,β-unsaturated/α-hetero) is 2. The van der Waals surface area contributed by atoms with Crippen molar-refractivity contribution in [2.24, 2.45) is 5.92 Å². The third-order valence-corrected chi connectivity index (χ3v) is 6.32. The maximum absolute atomic E-state index is 12.9. The summed E-state index contributed by atoms with van der Waals surface area (Å²) in [7, 11) is 3.96. The minimum Gasteiger partial charge on any atom is -0.370 e. The molecule has 3 nitrogen and oxygen atoms in total. The van der Waals surface area contributed by atoms with Gasteiger partial charge in [-0.15, -0.1) is 11.3 Å². The topological polar surface area (TPSA) is 37.4 Å². The highest BCUT2D eigenvalue weighted by Crippen LogP contribution is 2.38. The third-order valence-electron chi connectivity index (χ3n) is 5.03. The van der Waals surface area contributed by atoms with E-state index in [-0.39, 0.29) is 17.6 Å². The Hall–Kier alpha value is -1.94. The highest BCUT2D eigenvalue weighted by Gasteiger charge is 2.33. The van der Waals surface area contributed by atoms with Crippen LogP contribution in [0.25, 0.3) is 0 Å². The van der Waals surface area contributed by atoms with Crippen LogP contribution in [0.2, 0.25) is 0 Å². The molecule has 0 unspecified atom stereocenters. The number of ketones is 2. The zero-order valence-corrected chi connectivity index (χ0v) is 15.7. The highest BCUT2D eigenvalue weighted by molar-refractivity contribution is 7.18. The van der Waals surface area contributed by atoms with Crippen LogP contribution in [0.1, 0.15) is 53.3 Å². The van der Waals surface area contributed by atoms with E-state index in [1.807, 2.05) is 49.3 Å². The fourth-order valence-corrected chi connectivity index (χ4v) is 4.52. The van der Waals surface area contributed by atoms with Crippen molar-refractivity contribution in [2.45, 2.75) is 38.0 Å². The van der Waals surface area contributed by atoms with Crippen molar-refractivity contribution in [1.82, 2.24) is 0 Å². The van der Waals surface area contributed by atoms with Crippen LogP contribution in [0, 0.1) is 5.92 Å². The molecule has 1 heterocycles. The molecule has 1 aromatic heterocycles. The van der Waals surface area contributed by atoms with Crippen LogP contribution in [-0.4, -0.2) is 25.7 Å². The smallest absolute Gasteiger partial charge is 0.173 e. The molecule has 1 aliphatic carbocycles. The van der Waals surface area contributed by atoms with Crippen molar-refractivity contribution in [3.63, 3.8) is 0 Å². The molecule has 0 radical (unpaired) electrons. The molecule has 0 spiro atoms. The highest BCUT2D eigenvalue weighted by atomic mass is 32.1. The Labute approximate surface area is 153 Å². The van der Waals surface area contributed by atoms with Crippen molar-refractivity contribution < 1.29 is 9.59 Å². The van der Waals surface area contributed by atoms with Gasteiger partial charge in [-0.25, -0.2) is 0 Å². The van der Waals surface area contributed by atoms with Crippen molar-refractivity contribution in [2.75, 3.05) is 19.0 Å². The summed E-state index contributed by atoms with van der Waals surface area (Å²) in [4.78, 5) is 28.2. The van der Waals surface area contributed by atoms with Crippen LogP contribution in [0.5, 0.6) is 0 Å². The molecule has 4 heteroatoms. The van der Waals surface area contributed by atoms with E-state index in [2.05, 4.69) is 12.1 Å². The molecular weight excluding hydrogens is 330 g/mol. The molecule has 0 N–H and O–H groups in total. The molecule has 2 atom stereocenters. The van der Waals surface area contributed by atoms with Crippen molar-refractivity contribution >= 4 is 27.9 Å². The van der Waals surface area contributed by atoms with Crippen LogP contribution in [0.3, 0.4) is 0 Å². The van der Waals surface area contributed by atoms with E-state index in [9.17, 15) is 9.59 Å². The van der Waals surface area contributed by atoms with Gasteiger partial charge in [0.25, 0.3) is 0 Å². The Bertz CT molecular complexity index is 735. The minimum absolute atomic E-state index is 0.00796. The Morgan fingerprint density at radius 1 is 1.16 bits per heavy atom. The average molecular weight is 356 g/mol. The number of anilines is 1. The summed E-state index contributed by atoms with van der Waals surface area (Å²) in [6, 6.07) is 14.0. The van der Waals surface area contributed by atoms with Gasteiger partial charge in [-0.05, 0) is 30.5 Å². The number of benzene rings is 1. The zero-order valence-electron chi connectivity index (χ0n) is 14.9. The number of hydrogen-bond acceptors (Lipinski definition) is 4. The van der Waals surface area contributed by atoms with E-state index in [4.69, 9.17) is 0 Å². The molecule has 1 fully saturated rings. The number of carbonyl (C=O) groups is 2. The number of carbonyl (C=O) groups excluding carboxylic acids is 2. The lowest BCUT2D eigenvalue weighted by atomic mass is 9.74. The molecule has 1 aromatic carbocycles. The summed E-state index contributed by atoms with van der Waals surface area (Å²) in [5, 5.41) is 1.08. The van der Waals surface area contributed by atoms with Crippen molar-refractivity contribution in [3.05, 3.63) is 52.9 Å². The molecule has 0 saturated heterocycles. The van der Waals surface area contributed by atoms with Crippen LogP contribution >= 0.6 is 11.3 Å². The summed E-state index contributed by atoms with van der Waals surface area (Å²) >= 11 is 1.53. The van der Waals surface area contributed by atoms with E-state index < -0.39 is 0 Å². The molecule has 3 rings (SSSR count). The molecule has 2 aromatic rings. The molecular formula is C21H25NO2S. The van der Waals surface area contributed by atoms with Crippen LogP contribution in [0.15, 0.2) is 42.5 Å². The lowest BCUT2D eigenvalue weighted by Gasteiger charge is -2.29. The predicted octanol–water partition coefficient (Wildman–Crippen LogP) is 4.93. The zero-order chi connectivity index (χ0) is 17.8. The predicted molar refractivity (Wildman–Crippen MR) is 104 cm³/mol. The SMILES string of the molecule is CN(C)c1ccc(C(=O)C[C@H](c2ccccc2)[C@@H]2CCCCC2=O)s1. The summed E-state index contributed by atoms with van der Waals surface area (Å²) in [5.74, 6) is 0.443. The number of rotatable bonds is 6. The summed E-state index contributed by atoms with van der Waals surface area (Å²) in [5.41, 5.74) is 1.11. The Balaban J connectivity index is 1.84. The van der Waals surface area contributed by atoms with E-state index >= 15 is 0 Å². The van der Waals surface area contributed by atoms with E-state index in [1.165, 1.54) is 11.3 Å². The monoisotopic (exact) mass is 355 g/mol. The third kappa shape index (κ3) is 4.18. The van der Waals surface area contributed by atoms with Crippen LogP contribution in [0.4, 0.5) is 5.00 Å². The second-order valence-electron chi connectivity index (χ2n) is 7.00. The van der Waals surface area contributed by atoms with E-state index in [0.717, 1.165) is 34.7 Å². The standard InChI is InChI=1S/C21H25NO2S/c1-22(2)21-13-12-20(25-21)19(24)14-17(15-8-4-3-5-9-15)16-10-6-7-11-18(16)23/h3-5,8-9,12-13,16-17H,6-7,10-11,14H2,1-2H3/t16-,17+/m0/s1. The Kier molecular flexibility index (Phi) is 5.69.